The molecule has 2 aromatic carbocycles. The first kappa shape index (κ1) is 18.0. The molecule has 1 amide bonds. The van der Waals surface area contributed by atoms with E-state index in [1.165, 1.54) is 19.3 Å². The predicted molar refractivity (Wildman–Crippen MR) is 98.7 cm³/mol. The van der Waals surface area contributed by atoms with E-state index in [1.807, 2.05) is 12.1 Å². The first-order valence-electron chi connectivity index (χ1n) is 6.71. The molecule has 2 aromatic rings. The normalized spacial score (nSPS) is 10.8. The number of methoxy groups -OCH3 is 1. The number of nitriles is 1. The Labute approximate surface area is 155 Å². The van der Waals surface area contributed by atoms with E-state index in [1.54, 1.807) is 24.3 Å². The van der Waals surface area contributed by atoms with Gasteiger partial charge in [0.1, 0.15) is 11.6 Å². The Morgan fingerprint density at radius 1 is 1.29 bits per heavy atom. The van der Waals surface area contributed by atoms with E-state index in [0.29, 0.717) is 20.2 Å². The number of hydrogen-bond donors (Lipinski definition) is 2. The quantitative estimate of drug-likeness (QED) is 0.530. The van der Waals surface area contributed by atoms with Gasteiger partial charge in [-0.05, 0) is 61.7 Å². The largest absolute Gasteiger partial charge is 0.503 e. The number of anilines is 1. The van der Waals surface area contributed by atoms with Gasteiger partial charge in [0.25, 0.3) is 5.91 Å². The minimum atomic E-state index is -0.529. The number of aromatic hydroxyl groups is 1. The average molecular weight is 452 g/mol. The number of ether oxygens (including phenoxy) is 1. The van der Waals surface area contributed by atoms with Crippen LogP contribution in [0.4, 0.5) is 5.69 Å². The van der Waals surface area contributed by atoms with Gasteiger partial charge in [-0.3, -0.25) is 4.79 Å². The molecule has 0 aliphatic carbocycles. The van der Waals surface area contributed by atoms with Crippen molar-refractivity contribution in [2.24, 2.45) is 0 Å². The fourth-order valence-electron chi connectivity index (χ4n) is 1.90. The summed E-state index contributed by atoms with van der Waals surface area (Å²) in [7, 11) is 1.41. The van der Waals surface area contributed by atoms with Gasteiger partial charge in [0, 0.05) is 10.2 Å². The highest BCUT2D eigenvalue weighted by molar-refractivity contribution is 9.13. The maximum atomic E-state index is 12.3. The number of phenolic OH excluding ortho intramolecular Hbond substituents is 1. The summed E-state index contributed by atoms with van der Waals surface area (Å²) >= 11 is 6.55. The molecular weight excluding hydrogens is 440 g/mol. The fraction of sp³-hybridized carbons (Fsp3) is 0.0588. The number of benzene rings is 2. The molecule has 0 saturated carbocycles. The van der Waals surface area contributed by atoms with E-state index in [4.69, 9.17) is 4.74 Å². The third-order valence-corrected chi connectivity index (χ3v) is 5.25. The summed E-state index contributed by atoms with van der Waals surface area (Å²) in [4.78, 5) is 12.3. The molecule has 0 aliphatic rings. The smallest absolute Gasteiger partial charge is 0.266 e. The molecular formula is C17H12Br2N2O3. The van der Waals surface area contributed by atoms with Crippen molar-refractivity contribution in [2.75, 3.05) is 12.4 Å². The van der Waals surface area contributed by atoms with Crippen molar-refractivity contribution in [3.63, 3.8) is 0 Å². The summed E-state index contributed by atoms with van der Waals surface area (Å²) in [5.41, 5.74) is 1.02. The van der Waals surface area contributed by atoms with Crippen LogP contribution in [-0.2, 0) is 4.79 Å². The van der Waals surface area contributed by atoms with E-state index in [-0.39, 0.29) is 17.1 Å². The Kier molecular flexibility index (Phi) is 6.01. The Balaban J connectivity index is 2.39. The van der Waals surface area contributed by atoms with Crippen LogP contribution in [0.1, 0.15) is 5.56 Å². The monoisotopic (exact) mass is 450 g/mol. The van der Waals surface area contributed by atoms with Crippen LogP contribution < -0.4 is 10.1 Å². The minimum Gasteiger partial charge on any atom is -0.503 e. The maximum absolute atomic E-state index is 12.3. The lowest BCUT2D eigenvalue weighted by molar-refractivity contribution is -0.112. The Morgan fingerprint density at radius 3 is 2.54 bits per heavy atom. The Bertz CT molecular complexity index is 843. The lowest BCUT2D eigenvalue weighted by Crippen LogP contribution is -2.13. The van der Waals surface area contributed by atoms with Crippen molar-refractivity contribution in [3.8, 4) is 17.6 Å². The molecule has 2 rings (SSSR count). The molecule has 0 atom stereocenters. The number of para-hydroxylation sites is 1. The number of halogens is 2. The van der Waals surface area contributed by atoms with Crippen LogP contribution in [0.2, 0.25) is 0 Å². The van der Waals surface area contributed by atoms with E-state index in [0.717, 1.165) is 0 Å². The molecule has 0 radical (unpaired) electrons. The zero-order valence-electron chi connectivity index (χ0n) is 12.5. The van der Waals surface area contributed by atoms with Crippen LogP contribution in [0.25, 0.3) is 6.08 Å². The number of carbonyl (C=O) groups is 1. The van der Waals surface area contributed by atoms with E-state index < -0.39 is 5.91 Å². The van der Waals surface area contributed by atoms with Crippen molar-refractivity contribution in [1.82, 2.24) is 0 Å². The fourth-order valence-corrected chi connectivity index (χ4v) is 2.74. The highest BCUT2D eigenvalue weighted by atomic mass is 79.9. The van der Waals surface area contributed by atoms with Gasteiger partial charge in [0.2, 0.25) is 0 Å². The van der Waals surface area contributed by atoms with Gasteiger partial charge < -0.3 is 15.2 Å². The van der Waals surface area contributed by atoms with Crippen molar-refractivity contribution in [2.45, 2.75) is 0 Å². The second-order valence-corrected chi connectivity index (χ2v) is 6.22. The van der Waals surface area contributed by atoms with Gasteiger partial charge >= 0.3 is 0 Å². The second-order valence-electron chi connectivity index (χ2n) is 4.63. The maximum Gasteiger partial charge on any atom is 0.266 e. The van der Waals surface area contributed by atoms with Gasteiger partial charge in [-0.1, -0.05) is 18.2 Å². The van der Waals surface area contributed by atoms with Crippen LogP contribution in [0.15, 0.2) is 50.9 Å². The zero-order valence-corrected chi connectivity index (χ0v) is 15.7. The predicted octanol–water partition coefficient (Wildman–Crippen LogP) is 4.47. The molecule has 2 N–H and O–H groups in total. The van der Waals surface area contributed by atoms with E-state index in [2.05, 4.69) is 37.2 Å². The molecule has 0 saturated heterocycles. The number of hydrogen-bond acceptors (Lipinski definition) is 4. The van der Waals surface area contributed by atoms with Crippen LogP contribution in [0.3, 0.4) is 0 Å². The number of phenols is 1. The SMILES string of the molecule is COc1cc(/C=C(/C#N)C(=O)Nc2ccccc2)c(Br)c(Br)c1O. The third kappa shape index (κ3) is 3.96. The molecule has 0 fully saturated rings. The molecule has 0 aliphatic heterocycles. The topological polar surface area (TPSA) is 82.3 Å². The summed E-state index contributed by atoms with van der Waals surface area (Å²) in [5.74, 6) is -0.385. The summed E-state index contributed by atoms with van der Waals surface area (Å²) < 4.78 is 5.95. The Hall–Kier alpha value is -2.30. The van der Waals surface area contributed by atoms with Gasteiger partial charge in [0.05, 0.1) is 11.6 Å². The Morgan fingerprint density at radius 2 is 1.96 bits per heavy atom. The highest BCUT2D eigenvalue weighted by Gasteiger charge is 2.16. The van der Waals surface area contributed by atoms with Crippen molar-refractivity contribution in [3.05, 3.63) is 56.5 Å². The van der Waals surface area contributed by atoms with Crippen LogP contribution in [-0.4, -0.2) is 18.1 Å². The first-order valence-corrected chi connectivity index (χ1v) is 8.29. The molecule has 122 valence electrons. The summed E-state index contributed by atoms with van der Waals surface area (Å²) in [6, 6.07) is 12.2. The summed E-state index contributed by atoms with van der Waals surface area (Å²) in [6.07, 6.45) is 1.41. The van der Waals surface area contributed by atoms with Crippen molar-refractivity contribution < 1.29 is 14.6 Å². The van der Waals surface area contributed by atoms with Crippen molar-refractivity contribution in [1.29, 1.82) is 5.26 Å². The van der Waals surface area contributed by atoms with Gasteiger partial charge in [-0.15, -0.1) is 0 Å². The third-order valence-electron chi connectivity index (χ3n) is 3.09. The van der Waals surface area contributed by atoms with E-state index in [9.17, 15) is 15.2 Å². The lowest BCUT2D eigenvalue weighted by atomic mass is 10.1. The number of rotatable bonds is 4. The highest BCUT2D eigenvalue weighted by Crippen LogP contribution is 2.42. The number of nitrogens with zero attached hydrogens (tertiary/aromatic N) is 1. The summed E-state index contributed by atoms with van der Waals surface area (Å²) in [5, 5.41) is 21.9. The molecule has 0 heterocycles. The average Bonchev–Trinajstić information content (AvgIpc) is 2.60. The molecule has 0 bridgehead atoms. The molecule has 0 spiro atoms. The van der Waals surface area contributed by atoms with Crippen molar-refractivity contribution >= 4 is 49.5 Å². The number of amides is 1. The molecule has 7 heteroatoms. The molecule has 0 aromatic heterocycles. The number of carbonyl (C=O) groups excluding carboxylic acids is 1. The zero-order chi connectivity index (χ0) is 17.7. The molecule has 5 nitrogen and oxygen atoms in total. The minimum absolute atomic E-state index is 0.0752. The van der Waals surface area contributed by atoms with Crippen LogP contribution in [0, 0.1) is 11.3 Å². The second kappa shape index (κ2) is 7.99. The van der Waals surface area contributed by atoms with Gasteiger partial charge in [-0.2, -0.15) is 5.26 Å². The van der Waals surface area contributed by atoms with Crippen LogP contribution in [0.5, 0.6) is 11.5 Å². The van der Waals surface area contributed by atoms with Gasteiger partial charge in [-0.25, -0.2) is 0 Å². The number of nitrogens with one attached hydrogen (secondary N) is 1. The molecule has 24 heavy (non-hydrogen) atoms. The lowest BCUT2D eigenvalue weighted by Gasteiger charge is -2.10. The van der Waals surface area contributed by atoms with E-state index >= 15 is 0 Å². The molecule has 0 unspecified atom stereocenters. The first-order chi connectivity index (χ1) is 11.5. The standard InChI is InChI=1S/C17H12Br2N2O3/c1-24-13-8-10(14(18)15(19)16(13)22)7-11(9-20)17(23)21-12-5-3-2-4-6-12/h2-8,22H,1H3,(H,21,23)/b11-7-. The van der Waals surface area contributed by atoms with Gasteiger partial charge in [0.15, 0.2) is 11.5 Å². The summed E-state index contributed by atoms with van der Waals surface area (Å²) in [6.45, 7) is 0. The van der Waals surface area contributed by atoms with Crippen LogP contribution >= 0.6 is 31.9 Å².